The van der Waals surface area contributed by atoms with Crippen LogP contribution in [0.3, 0.4) is 0 Å². The molecule has 6 nitrogen and oxygen atoms in total. The van der Waals surface area contributed by atoms with E-state index in [-0.39, 0.29) is 11.8 Å². The maximum Gasteiger partial charge on any atom is 0.222 e. The van der Waals surface area contributed by atoms with Gasteiger partial charge in [0.05, 0.1) is 5.69 Å². The second-order valence-electron chi connectivity index (χ2n) is 6.49. The van der Waals surface area contributed by atoms with E-state index >= 15 is 0 Å². The molecule has 2 N–H and O–H groups in total. The van der Waals surface area contributed by atoms with Gasteiger partial charge in [-0.25, -0.2) is 8.78 Å². The molecule has 0 radical (unpaired) electrons. The lowest BCUT2D eigenvalue weighted by Crippen LogP contribution is -2.53. The van der Waals surface area contributed by atoms with Crippen LogP contribution in [0.15, 0.2) is 23.2 Å². The molecule has 0 unspecified atom stereocenters. The Morgan fingerprint density at radius 3 is 2.42 bits per heavy atom. The van der Waals surface area contributed by atoms with Crippen molar-refractivity contribution in [1.82, 2.24) is 15.5 Å². The number of benzene rings is 1. The molecular formula is C18H27F2N5O. The molecule has 0 saturated carbocycles. The van der Waals surface area contributed by atoms with E-state index in [1.807, 2.05) is 18.7 Å². The lowest BCUT2D eigenvalue weighted by molar-refractivity contribution is -0.123. The number of hydrogen-bond acceptors (Lipinski definition) is 3. The second-order valence-corrected chi connectivity index (χ2v) is 6.49. The molecule has 144 valence electrons. The highest BCUT2D eigenvalue weighted by Gasteiger charge is 2.22. The first-order chi connectivity index (χ1) is 12.4. The van der Waals surface area contributed by atoms with E-state index in [0.717, 1.165) is 18.1 Å². The first-order valence-electron chi connectivity index (χ1n) is 8.85. The van der Waals surface area contributed by atoms with Gasteiger partial charge in [0, 0.05) is 58.3 Å². The molecule has 26 heavy (non-hydrogen) atoms. The van der Waals surface area contributed by atoms with Crippen molar-refractivity contribution in [3.63, 3.8) is 0 Å². The summed E-state index contributed by atoms with van der Waals surface area (Å²) in [5.74, 6) is -0.130. The molecule has 0 spiro atoms. The van der Waals surface area contributed by atoms with Crippen molar-refractivity contribution in [2.45, 2.75) is 13.8 Å². The molecule has 1 fully saturated rings. The molecule has 1 aliphatic heterocycles. The molecule has 0 aromatic heterocycles. The number of guanidine groups is 1. The van der Waals surface area contributed by atoms with Crippen molar-refractivity contribution >= 4 is 17.6 Å². The van der Waals surface area contributed by atoms with Gasteiger partial charge in [-0.05, 0) is 12.1 Å². The van der Waals surface area contributed by atoms with Gasteiger partial charge in [0.2, 0.25) is 5.91 Å². The van der Waals surface area contributed by atoms with Crippen molar-refractivity contribution in [2.75, 3.05) is 51.2 Å². The zero-order valence-corrected chi connectivity index (χ0v) is 15.6. The number of anilines is 1. The number of piperazine rings is 1. The van der Waals surface area contributed by atoms with Crippen LogP contribution in [0.1, 0.15) is 13.8 Å². The molecule has 0 bridgehead atoms. The molecule has 2 rings (SSSR count). The number of hydrogen-bond donors (Lipinski definition) is 2. The molecule has 1 aromatic carbocycles. The van der Waals surface area contributed by atoms with E-state index in [9.17, 15) is 13.6 Å². The molecule has 1 aromatic rings. The van der Waals surface area contributed by atoms with Crippen LogP contribution in [0.25, 0.3) is 0 Å². The third kappa shape index (κ3) is 5.31. The smallest absolute Gasteiger partial charge is 0.222 e. The number of nitrogens with zero attached hydrogens (tertiary/aromatic N) is 3. The van der Waals surface area contributed by atoms with Gasteiger partial charge in [-0.3, -0.25) is 9.79 Å². The Bertz CT molecular complexity index is 642. The molecule has 1 amide bonds. The number of amides is 1. The zero-order chi connectivity index (χ0) is 19.1. The minimum Gasteiger partial charge on any atom is -0.366 e. The maximum absolute atomic E-state index is 13.9. The predicted octanol–water partition coefficient (Wildman–Crippen LogP) is 1.43. The van der Waals surface area contributed by atoms with Crippen molar-refractivity contribution < 1.29 is 13.6 Å². The summed E-state index contributed by atoms with van der Waals surface area (Å²) in [5, 5.41) is 6.06. The average molecular weight is 367 g/mol. The molecular weight excluding hydrogens is 340 g/mol. The molecule has 0 atom stereocenters. The maximum atomic E-state index is 13.9. The van der Waals surface area contributed by atoms with Gasteiger partial charge >= 0.3 is 0 Å². The van der Waals surface area contributed by atoms with E-state index in [0.29, 0.717) is 45.0 Å². The van der Waals surface area contributed by atoms with Gasteiger partial charge in [-0.15, -0.1) is 0 Å². The first-order valence-corrected chi connectivity index (χ1v) is 8.85. The summed E-state index contributed by atoms with van der Waals surface area (Å²) >= 11 is 0. The minimum atomic E-state index is -0.440. The first kappa shape index (κ1) is 19.9. The van der Waals surface area contributed by atoms with Crippen LogP contribution >= 0.6 is 0 Å². The van der Waals surface area contributed by atoms with Gasteiger partial charge in [0.15, 0.2) is 5.96 Å². The number of carbonyl (C=O) groups excluding carboxylic acids is 1. The fourth-order valence-electron chi connectivity index (χ4n) is 2.78. The van der Waals surface area contributed by atoms with E-state index in [2.05, 4.69) is 20.5 Å². The Kier molecular flexibility index (Phi) is 7.17. The summed E-state index contributed by atoms with van der Waals surface area (Å²) in [6, 6.07) is 3.51. The minimum absolute atomic E-state index is 0.0209. The third-order valence-corrected chi connectivity index (χ3v) is 4.27. The topological polar surface area (TPSA) is 60.0 Å². The van der Waals surface area contributed by atoms with Crippen LogP contribution in [0, 0.1) is 17.6 Å². The van der Waals surface area contributed by atoms with E-state index in [1.165, 1.54) is 6.07 Å². The Labute approximate surface area is 153 Å². The van der Waals surface area contributed by atoms with Crippen LogP contribution in [0.2, 0.25) is 0 Å². The van der Waals surface area contributed by atoms with Crippen molar-refractivity contribution in [1.29, 1.82) is 0 Å². The number of aliphatic imine (C=N–C) groups is 1. The van der Waals surface area contributed by atoms with Crippen molar-refractivity contribution in [3.05, 3.63) is 29.8 Å². The predicted molar refractivity (Wildman–Crippen MR) is 99.4 cm³/mol. The third-order valence-electron chi connectivity index (χ3n) is 4.27. The number of carbonyl (C=O) groups is 1. The summed E-state index contributed by atoms with van der Waals surface area (Å²) in [6.07, 6.45) is 0. The second kappa shape index (κ2) is 9.35. The van der Waals surface area contributed by atoms with Gasteiger partial charge < -0.3 is 20.4 Å². The summed E-state index contributed by atoms with van der Waals surface area (Å²) < 4.78 is 27.3. The highest BCUT2D eigenvalue weighted by molar-refractivity contribution is 5.80. The fraction of sp³-hybridized carbons (Fsp3) is 0.556. The van der Waals surface area contributed by atoms with E-state index in [1.54, 1.807) is 7.05 Å². The van der Waals surface area contributed by atoms with Gasteiger partial charge in [-0.1, -0.05) is 13.8 Å². The molecule has 1 saturated heterocycles. The van der Waals surface area contributed by atoms with Crippen LogP contribution in [-0.4, -0.2) is 63.1 Å². The largest absolute Gasteiger partial charge is 0.366 e. The molecule has 1 heterocycles. The number of rotatable bonds is 5. The van der Waals surface area contributed by atoms with Gasteiger partial charge in [0.25, 0.3) is 0 Å². The summed E-state index contributed by atoms with van der Waals surface area (Å²) in [7, 11) is 1.70. The number of halogens is 2. The molecule has 1 aliphatic rings. The van der Waals surface area contributed by atoms with Crippen molar-refractivity contribution in [3.8, 4) is 0 Å². The standard InChI is InChI=1S/C18H27F2N5O/c1-13(2)17(26)22-6-7-23-18(21-3)25-10-8-24(9-11-25)16-12-14(19)4-5-15(16)20/h4-5,12-13H,6-11H2,1-3H3,(H,21,23)(H,22,26). The lowest BCUT2D eigenvalue weighted by atomic mass is 10.2. The normalized spacial score (nSPS) is 15.4. The van der Waals surface area contributed by atoms with E-state index < -0.39 is 11.6 Å². The summed E-state index contributed by atoms with van der Waals surface area (Å²) in [4.78, 5) is 19.7. The SMILES string of the molecule is CN=C(NCCNC(=O)C(C)C)N1CCN(c2cc(F)ccc2F)CC1. The van der Waals surface area contributed by atoms with E-state index in [4.69, 9.17) is 0 Å². The molecule has 0 aliphatic carbocycles. The monoisotopic (exact) mass is 367 g/mol. The Morgan fingerprint density at radius 1 is 1.15 bits per heavy atom. The lowest BCUT2D eigenvalue weighted by Gasteiger charge is -2.37. The summed E-state index contributed by atoms with van der Waals surface area (Å²) in [5.41, 5.74) is 0.295. The Balaban J connectivity index is 1.82. The van der Waals surface area contributed by atoms with Crippen LogP contribution in [0.4, 0.5) is 14.5 Å². The van der Waals surface area contributed by atoms with Gasteiger partial charge in [0.1, 0.15) is 11.6 Å². The molecule has 8 heteroatoms. The number of nitrogens with one attached hydrogen (secondary N) is 2. The zero-order valence-electron chi connectivity index (χ0n) is 15.6. The average Bonchev–Trinajstić information content (AvgIpc) is 2.64. The van der Waals surface area contributed by atoms with Crippen LogP contribution < -0.4 is 15.5 Å². The summed E-state index contributed by atoms with van der Waals surface area (Å²) in [6.45, 7) is 7.23. The van der Waals surface area contributed by atoms with Crippen LogP contribution in [-0.2, 0) is 4.79 Å². The van der Waals surface area contributed by atoms with Crippen LogP contribution in [0.5, 0.6) is 0 Å². The highest BCUT2D eigenvalue weighted by Crippen LogP contribution is 2.21. The Hall–Kier alpha value is -2.38. The van der Waals surface area contributed by atoms with Gasteiger partial charge in [-0.2, -0.15) is 0 Å². The van der Waals surface area contributed by atoms with Crippen molar-refractivity contribution in [2.24, 2.45) is 10.9 Å². The highest BCUT2D eigenvalue weighted by atomic mass is 19.1. The quantitative estimate of drug-likeness (QED) is 0.470. The Morgan fingerprint density at radius 2 is 1.81 bits per heavy atom. The fourth-order valence-corrected chi connectivity index (χ4v) is 2.78.